The summed E-state index contributed by atoms with van der Waals surface area (Å²) in [6.07, 6.45) is 7.12. The normalized spacial score (nSPS) is 18.1. The lowest BCUT2D eigenvalue weighted by atomic mass is 10.0. The van der Waals surface area contributed by atoms with E-state index in [1.54, 1.807) is 0 Å². The molecule has 1 amide bonds. The zero-order valence-corrected chi connectivity index (χ0v) is 17.3. The fourth-order valence-electron chi connectivity index (χ4n) is 4.27. The van der Waals surface area contributed by atoms with Crippen molar-refractivity contribution in [1.82, 2.24) is 5.32 Å². The predicted molar refractivity (Wildman–Crippen MR) is 118 cm³/mol. The van der Waals surface area contributed by atoms with Gasteiger partial charge in [-0.2, -0.15) is 0 Å². The number of carbonyl (C=O) groups excluding carboxylic acids is 1. The SMILES string of the molecule is CCCC(=O)NC[C@@H]1C[C@H]1c1cccc2oc(CCCCc3ccccc3)cc12. The van der Waals surface area contributed by atoms with Crippen molar-refractivity contribution in [3.63, 3.8) is 0 Å². The minimum Gasteiger partial charge on any atom is -0.461 e. The number of nitrogens with one attached hydrogen (secondary N) is 1. The molecule has 0 unspecified atom stereocenters. The molecule has 0 bridgehead atoms. The van der Waals surface area contributed by atoms with Crippen molar-refractivity contribution in [2.45, 2.75) is 57.8 Å². The van der Waals surface area contributed by atoms with Crippen molar-refractivity contribution in [3.8, 4) is 0 Å². The second-order valence-corrected chi connectivity index (χ2v) is 8.32. The van der Waals surface area contributed by atoms with Crippen LogP contribution < -0.4 is 5.32 Å². The lowest BCUT2D eigenvalue weighted by molar-refractivity contribution is -0.121. The quantitative estimate of drug-likeness (QED) is 0.431. The van der Waals surface area contributed by atoms with Crippen molar-refractivity contribution >= 4 is 16.9 Å². The molecular formula is C26H31NO2. The van der Waals surface area contributed by atoms with E-state index < -0.39 is 0 Å². The average Bonchev–Trinajstić information content (AvgIpc) is 3.39. The van der Waals surface area contributed by atoms with Gasteiger partial charge in [0, 0.05) is 24.8 Å². The molecule has 3 heteroatoms. The molecule has 1 N–H and O–H groups in total. The molecule has 1 heterocycles. The number of amides is 1. The first-order valence-corrected chi connectivity index (χ1v) is 11.1. The minimum atomic E-state index is 0.178. The van der Waals surface area contributed by atoms with E-state index in [1.165, 1.54) is 22.9 Å². The molecule has 0 saturated heterocycles. The van der Waals surface area contributed by atoms with Crippen molar-refractivity contribution in [2.75, 3.05) is 6.54 Å². The van der Waals surface area contributed by atoms with Gasteiger partial charge in [-0.3, -0.25) is 4.79 Å². The Morgan fingerprint density at radius 2 is 1.90 bits per heavy atom. The first-order chi connectivity index (χ1) is 14.2. The van der Waals surface area contributed by atoms with Crippen molar-refractivity contribution < 1.29 is 9.21 Å². The van der Waals surface area contributed by atoms with Crippen LogP contribution in [0.25, 0.3) is 11.0 Å². The Kier molecular flexibility index (Phi) is 6.33. The summed E-state index contributed by atoms with van der Waals surface area (Å²) in [4.78, 5) is 11.7. The van der Waals surface area contributed by atoms with Gasteiger partial charge in [0.25, 0.3) is 0 Å². The zero-order chi connectivity index (χ0) is 20.1. The summed E-state index contributed by atoms with van der Waals surface area (Å²) in [6, 6.07) is 19.3. The molecule has 1 aliphatic rings. The maximum absolute atomic E-state index is 11.7. The molecule has 2 atom stereocenters. The highest BCUT2D eigenvalue weighted by molar-refractivity contribution is 5.83. The van der Waals surface area contributed by atoms with Crippen molar-refractivity contribution in [3.05, 3.63) is 71.5 Å². The van der Waals surface area contributed by atoms with E-state index >= 15 is 0 Å². The van der Waals surface area contributed by atoms with E-state index in [0.29, 0.717) is 18.3 Å². The summed E-state index contributed by atoms with van der Waals surface area (Å²) in [5, 5.41) is 4.35. The molecule has 29 heavy (non-hydrogen) atoms. The van der Waals surface area contributed by atoms with Gasteiger partial charge < -0.3 is 9.73 Å². The standard InChI is InChI=1S/C26H31NO2/c1-2-9-26(28)27-18-20-16-23(20)22-14-8-15-25-24(22)17-21(29-25)13-7-6-12-19-10-4-3-5-11-19/h3-5,8,10-11,14-15,17,20,23H,2,6-7,9,12-13,16,18H2,1H3,(H,27,28)/t20-,23+/m0/s1. The number of furan rings is 1. The Morgan fingerprint density at radius 3 is 2.72 bits per heavy atom. The molecule has 4 rings (SSSR count). The Labute approximate surface area is 173 Å². The largest absolute Gasteiger partial charge is 0.461 e. The van der Waals surface area contributed by atoms with Crippen LogP contribution in [0, 0.1) is 5.92 Å². The second kappa shape index (κ2) is 9.30. The van der Waals surface area contributed by atoms with Gasteiger partial charge in [-0.25, -0.2) is 0 Å². The molecule has 1 aromatic heterocycles. The molecule has 0 radical (unpaired) electrons. The third-order valence-corrected chi connectivity index (χ3v) is 5.99. The number of fused-ring (bicyclic) bond motifs is 1. The van der Waals surface area contributed by atoms with Crippen LogP contribution in [0.1, 0.15) is 61.8 Å². The molecule has 3 nitrogen and oxygen atoms in total. The lowest BCUT2D eigenvalue weighted by Gasteiger charge is -2.04. The summed E-state index contributed by atoms with van der Waals surface area (Å²) in [5.41, 5.74) is 3.79. The molecule has 1 saturated carbocycles. The Hall–Kier alpha value is -2.55. The van der Waals surface area contributed by atoms with E-state index in [0.717, 1.165) is 50.0 Å². The zero-order valence-electron chi connectivity index (χ0n) is 17.3. The number of benzene rings is 2. The van der Waals surface area contributed by atoms with E-state index in [4.69, 9.17) is 4.42 Å². The van der Waals surface area contributed by atoms with Gasteiger partial charge in [0.15, 0.2) is 0 Å². The summed E-state index contributed by atoms with van der Waals surface area (Å²) >= 11 is 0. The van der Waals surface area contributed by atoms with E-state index in [-0.39, 0.29) is 5.91 Å². The Morgan fingerprint density at radius 1 is 1.07 bits per heavy atom. The summed E-state index contributed by atoms with van der Waals surface area (Å²) < 4.78 is 6.13. The van der Waals surface area contributed by atoms with E-state index in [9.17, 15) is 4.79 Å². The Balaban J connectivity index is 1.32. The number of aryl methyl sites for hydroxylation is 2. The van der Waals surface area contributed by atoms with E-state index in [2.05, 4.69) is 59.9 Å². The van der Waals surface area contributed by atoms with Gasteiger partial charge in [-0.05, 0) is 67.2 Å². The molecule has 0 spiro atoms. The smallest absolute Gasteiger partial charge is 0.219 e. The van der Waals surface area contributed by atoms with Crippen LogP contribution >= 0.6 is 0 Å². The van der Waals surface area contributed by atoms with Crippen LogP contribution in [0.5, 0.6) is 0 Å². The van der Waals surface area contributed by atoms with E-state index in [1.807, 2.05) is 6.92 Å². The van der Waals surface area contributed by atoms with Gasteiger partial charge in [0.05, 0.1) is 0 Å². The topological polar surface area (TPSA) is 42.2 Å². The Bertz CT molecular complexity index is 944. The van der Waals surface area contributed by atoms with Crippen LogP contribution in [0.2, 0.25) is 0 Å². The van der Waals surface area contributed by atoms with Gasteiger partial charge in [-0.1, -0.05) is 49.4 Å². The van der Waals surface area contributed by atoms with Crippen LogP contribution in [0.4, 0.5) is 0 Å². The highest BCUT2D eigenvalue weighted by atomic mass is 16.3. The highest BCUT2D eigenvalue weighted by Gasteiger charge is 2.39. The first kappa shape index (κ1) is 19.8. The fraction of sp³-hybridized carbons (Fsp3) is 0.423. The summed E-state index contributed by atoms with van der Waals surface area (Å²) in [6.45, 7) is 2.84. The third-order valence-electron chi connectivity index (χ3n) is 5.99. The van der Waals surface area contributed by atoms with Crippen molar-refractivity contribution in [1.29, 1.82) is 0 Å². The maximum atomic E-state index is 11.7. The maximum Gasteiger partial charge on any atom is 0.219 e. The van der Waals surface area contributed by atoms with Crippen LogP contribution in [0.15, 0.2) is 59.0 Å². The molecule has 152 valence electrons. The average molecular weight is 390 g/mol. The van der Waals surface area contributed by atoms with Crippen LogP contribution in [-0.4, -0.2) is 12.5 Å². The van der Waals surface area contributed by atoms with Gasteiger partial charge in [0.2, 0.25) is 5.91 Å². The molecular weight excluding hydrogens is 358 g/mol. The fourth-order valence-corrected chi connectivity index (χ4v) is 4.27. The molecule has 1 fully saturated rings. The highest BCUT2D eigenvalue weighted by Crippen LogP contribution is 2.49. The van der Waals surface area contributed by atoms with Crippen molar-refractivity contribution in [2.24, 2.45) is 5.92 Å². The number of rotatable bonds is 10. The molecule has 2 aromatic carbocycles. The van der Waals surface area contributed by atoms with Gasteiger partial charge in [0.1, 0.15) is 11.3 Å². The van der Waals surface area contributed by atoms with Crippen LogP contribution in [0.3, 0.4) is 0 Å². The number of hydrogen-bond donors (Lipinski definition) is 1. The first-order valence-electron chi connectivity index (χ1n) is 11.1. The summed E-state index contributed by atoms with van der Waals surface area (Å²) in [5.74, 6) is 2.38. The van der Waals surface area contributed by atoms with Crippen LogP contribution in [-0.2, 0) is 17.6 Å². The monoisotopic (exact) mass is 389 g/mol. The molecule has 0 aliphatic heterocycles. The number of carbonyl (C=O) groups is 1. The molecule has 1 aliphatic carbocycles. The second-order valence-electron chi connectivity index (χ2n) is 8.32. The minimum absolute atomic E-state index is 0.178. The number of hydrogen-bond acceptors (Lipinski definition) is 2. The summed E-state index contributed by atoms with van der Waals surface area (Å²) in [7, 11) is 0. The lowest BCUT2D eigenvalue weighted by Crippen LogP contribution is -2.25. The molecule has 3 aromatic rings. The predicted octanol–water partition coefficient (Wildman–Crippen LogP) is 6.02. The number of unbranched alkanes of at least 4 members (excludes halogenated alkanes) is 1. The third kappa shape index (κ3) is 5.09. The van der Waals surface area contributed by atoms with Gasteiger partial charge >= 0.3 is 0 Å². The van der Waals surface area contributed by atoms with Gasteiger partial charge in [-0.15, -0.1) is 0 Å².